The highest BCUT2D eigenvalue weighted by atomic mass is 16.4. The van der Waals surface area contributed by atoms with E-state index < -0.39 is 11.4 Å². The van der Waals surface area contributed by atoms with E-state index in [0.717, 1.165) is 19.4 Å². The lowest BCUT2D eigenvalue weighted by molar-refractivity contribution is -0.168. The Morgan fingerprint density at radius 3 is 2.44 bits per heavy atom. The van der Waals surface area contributed by atoms with Crippen LogP contribution in [0.5, 0.6) is 0 Å². The summed E-state index contributed by atoms with van der Waals surface area (Å²) in [5, 5.41) is 9.30. The maximum Gasteiger partial charge on any atom is 0.319 e. The summed E-state index contributed by atoms with van der Waals surface area (Å²) in [5.41, 5.74) is -1.10. The second-order valence-electron chi connectivity index (χ2n) is 5.53. The van der Waals surface area contributed by atoms with Gasteiger partial charge in [-0.2, -0.15) is 0 Å². The number of hydrogen-bond donors (Lipinski definition) is 1. The van der Waals surface area contributed by atoms with Crippen molar-refractivity contribution < 1.29 is 14.7 Å². The molecule has 2 rings (SSSR count). The molecule has 0 spiro atoms. The zero-order valence-corrected chi connectivity index (χ0v) is 11.2. The maximum absolute atomic E-state index is 12.4. The molecule has 5 heteroatoms. The third-order valence-corrected chi connectivity index (χ3v) is 4.56. The summed E-state index contributed by atoms with van der Waals surface area (Å²) < 4.78 is 0. The predicted molar refractivity (Wildman–Crippen MR) is 67.2 cm³/mol. The first-order valence-electron chi connectivity index (χ1n) is 6.74. The predicted octanol–water partition coefficient (Wildman–Crippen LogP) is 0.794. The van der Waals surface area contributed by atoms with Crippen LogP contribution in [0.1, 0.15) is 32.6 Å². The largest absolute Gasteiger partial charge is 0.480 e. The number of aliphatic carboxylic acids is 1. The minimum atomic E-state index is -1.10. The molecule has 18 heavy (non-hydrogen) atoms. The molecular formula is C13H22N2O3. The van der Waals surface area contributed by atoms with Crippen molar-refractivity contribution in [2.75, 3.05) is 26.7 Å². The first-order chi connectivity index (χ1) is 8.51. The Morgan fingerprint density at radius 1 is 1.33 bits per heavy atom. The van der Waals surface area contributed by atoms with E-state index in [1.807, 2.05) is 0 Å². The average molecular weight is 254 g/mol. The van der Waals surface area contributed by atoms with Gasteiger partial charge in [-0.15, -0.1) is 0 Å². The quantitative estimate of drug-likeness (QED) is 0.757. The lowest BCUT2D eigenvalue weighted by Crippen LogP contribution is -2.59. The summed E-state index contributed by atoms with van der Waals surface area (Å²) in [6.45, 7) is 4.26. The van der Waals surface area contributed by atoms with Crippen LogP contribution in [-0.4, -0.2) is 59.5 Å². The van der Waals surface area contributed by atoms with Crippen molar-refractivity contribution in [2.24, 2.45) is 5.41 Å². The molecule has 1 saturated heterocycles. The van der Waals surface area contributed by atoms with Crippen LogP contribution in [0.25, 0.3) is 0 Å². The summed E-state index contributed by atoms with van der Waals surface area (Å²) in [6, 6.07) is 0.355. The molecule has 1 atom stereocenters. The number of hydrogen-bond acceptors (Lipinski definition) is 3. The van der Waals surface area contributed by atoms with Gasteiger partial charge in [0, 0.05) is 25.7 Å². The van der Waals surface area contributed by atoms with E-state index in [2.05, 4.69) is 18.9 Å². The van der Waals surface area contributed by atoms with Gasteiger partial charge in [-0.25, -0.2) is 0 Å². The molecule has 2 fully saturated rings. The van der Waals surface area contributed by atoms with Gasteiger partial charge < -0.3 is 10.0 Å². The molecule has 0 bridgehead atoms. The number of rotatable bonds is 3. The van der Waals surface area contributed by atoms with E-state index >= 15 is 0 Å². The Bertz CT molecular complexity index is 352. The molecular weight excluding hydrogens is 232 g/mol. The van der Waals surface area contributed by atoms with Crippen molar-refractivity contribution in [1.82, 2.24) is 9.80 Å². The first kappa shape index (κ1) is 13.3. The maximum atomic E-state index is 12.4. The van der Waals surface area contributed by atoms with Crippen molar-refractivity contribution in [1.29, 1.82) is 0 Å². The Morgan fingerprint density at radius 2 is 2.00 bits per heavy atom. The molecule has 1 heterocycles. The fourth-order valence-corrected chi connectivity index (χ4v) is 2.92. The van der Waals surface area contributed by atoms with Gasteiger partial charge in [-0.05, 0) is 26.3 Å². The molecule has 0 aromatic heterocycles. The number of likely N-dealkylation sites (N-methyl/N-ethyl adjacent to an activating group) is 1. The topological polar surface area (TPSA) is 60.9 Å². The summed E-state index contributed by atoms with van der Waals surface area (Å²) in [4.78, 5) is 27.8. The molecule has 1 N–H and O–H groups in total. The zero-order valence-electron chi connectivity index (χ0n) is 11.2. The highest BCUT2D eigenvalue weighted by Crippen LogP contribution is 2.43. The molecule has 0 aromatic rings. The zero-order chi connectivity index (χ0) is 13.3. The van der Waals surface area contributed by atoms with E-state index in [1.54, 1.807) is 4.90 Å². The number of amides is 1. The van der Waals surface area contributed by atoms with Crippen molar-refractivity contribution in [3.63, 3.8) is 0 Å². The minimum absolute atomic E-state index is 0.159. The number of piperazine rings is 1. The third kappa shape index (κ3) is 2.00. The molecule has 5 nitrogen and oxygen atoms in total. The van der Waals surface area contributed by atoms with Gasteiger partial charge in [0.2, 0.25) is 5.91 Å². The number of carbonyl (C=O) groups excluding carboxylic acids is 1. The number of carbonyl (C=O) groups is 2. The lowest BCUT2D eigenvalue weighted by Gasteiger charge is -2.45. The van der Waals surface area contributed by atoms with Crippen LogP contribution in [0.2, 0.25) is 0 Å². The monoisotopic (exact) mass is 254 g/mol. The van der Waals surface area contributed by atoms with Gasteiger partial charge in [0.15, 0.2) is 0 Å². The van der Waals surface area contributed by atoms with Gasteiger partial charge in [0.05, 0.1) is 0 Å². The normalized spacial score (nSPS) is 27.7. The van der Waals surface area contributed by atoms with Gasteiger partial charge in [-0.3, -0.25) is 14.5 Å². The fourth-order valence-electron chi connectivity index (χ4n) is 2.92. The molecule has 1 unspecified atom stereocenters. The number of carboxylic acid groups (broad SMARTS) is 1. The van der Waals surface area contributed by atoms with Crippen LogP contribution in [-0.2, 0) is 9.59 Å². The van der Waals surface area contributed by atoms with Crippen LogP contribution in [0.4, 0.5) is 0 Å². The average Bonchev–Trinajstić information content (AvgIpc) is 2.27. The molecule has 1 aliphatic carbocycles. The third-order valence-electron chi connectivity index (χ3n) is 4.56. The van der Waals surface area contributed by atoms with Gasteiger partial charge in [0.25, 0.3) is 0 Å². The van der Waals surface area contributed by atoms with E-state index in [9.17, 15) is 14.7 Å². The molecule has 1 amide bonds. The van der Waals surface area contributed by atoms with Gasteiger partial charge >= 0.3 is 5.97 Å². The van der Waals surface area contributed by atoms with Crippen molar-refractivity contribution in [3.8, 4) is 0 Å². The van der Waals surface area contributed by atoms with E-state index in [1.165, 1.54) is 0 Å². The van der Waals surface area contributed by atoms with Crippen molar-refractivity contribution in [2.45, 2.75) is 38.6 Å². The first-order valence-corrected chi connectivity index (χ1v) is 6.74. The van der Waals surface area contributed by atoms with Crippen LogP contribution in [0.3, 0.4) is 0 Å². The van der Waals surface area contributed by atoms with Crippen molar-refractivity contribution >= 4 is 11.9 Å². The van der Waals surface area contributed by atoms with Gasteiger partial charge in [0.1, 0.15) is 5.41 Å². The van der Waals surface area contributed by atoms with E-state index in [4.69, 9.17) is 0 Å². The Hall–Kier alpha value is -1.10. The Balaban J connectivity index is 2.07. The standard InChI is InChI=1S/C13H22N2O3/c1-3-10-9-15(8-7-14(10)2)11(16)13(12(17)18)5-4-6-13/h10H,3-9H2,1-2H3,(H,17,18). The molecule has 1 saturated carbocycles. The minimum Gasteiger partial charge on any atom is -0.480 e. The lowest BCUT2D eigenvalue weighted by atomic mass is 9.67. The summed E-state index contributed by atoms with van der Waals surface area (Å²) in [5.74, 6) is -1.10. The summed E-state index contributed by atoms with van der Waals surface area (Å²) in [6.07, 6.45) is 2.85. The van der Waals surface area contributed by atoms with Gasteiger partial charge in [-0.1, -0.05) is 13.3 Å². The van der Waals surface area contributed by atoms with Crippen LogP contribution in [0, 0.1) is 5.41 Å². The molecule has 0 aromatic carbocycles. The smallest absolute Gasteiger partial charge is 0.319 e. The molecule has 0 radical (unpaired) electrons. The fraction of sp³-hybridized carbons (Fsp3) is 0.846. The molecule has 2 aliphatic rings. The summed E-state index contributed by atoms with van der Waals surface area (Å²) >= 11 is 0. The van der Waals surface area contributed by atoms with Crippen LogP contribution in [0.15, 0.2) is 0 Å². The summed E-state index contributed by atoms with van der Waals surface area (Å²) in [7, 11) is 2.06. The molecule has 102 valence electrons. The molecule has 1 aliphatic heterocycles. The van der Waals surface area contributed by atoms with E-state index in [-0.39, 0.29) is 5.91 Å². The second kappa shape index (κ2) is 4.88. The Kier molecular flexibility index (Phi) is 3.61. The van der Waals surface area contributed by atoms with Crippen LogP contribution >= 0.6 is 0 Å². The van der Waals surface area contributed by atoms with E-state index in [0.29, 0.717) is 32.0 Å². The highest BCUT2D eigenvalue weighted by molar-refractivity contribution is 6.02. The van der Waals surface area contributed by atoms with Crippen molar-refractivity contribution in [3.05, 3.63) is 0 Å². The SMILES string of the molecule is CCC1CN(C(=O)C2(C(=O)O)CCC2)CCN1C. The number of nitrogens with zero attached hydrogens (tertiary/aromatic N) is 2. The Labute approximate surface area is 108 Å². The number of carboxylic acids is 1. The van der Waals surface area contributed by atoms with Crippen LogP contribution < -0.4 is 0 Å². The second-order valence-corrected chi connectivity index (χ2v) is 5.53. The highest BCUT2D eigenvalue weighted by Gasteiger charge is 2.53.